The molecule has 0 aromatic carbocycles. The molecule has 0 bridgehead atoms. The van der Waals surface area contributed by atoms with Gasteiger partial charge in [-0.05, 0) is 27.7 Å². The van der Waals surface area contributed by atoms with Crippen molar-refractivity contribution in [2.24, 2.45) is 22.9 Å². The van der Waals surface area contributed by atoms with E-state index in [2.05, 4.69) is 0 Å². The molecule has 0 aromatic rings. The van der Waals surface area contributed by atoms with Crippen molar-refractivity contribution in [3.05, 3.63) is 0 Å². The molecule has 4 atom stereocenters. The summed E-state index contributed by atoms with van der Waals surface area (Å²) in [5.74, 6) is -4.85. The summed E-state index contributed by atoms with van der Waals surface area (Å²) in [6.07, 6.45) is 0. The number of carboxylic acids is 4. The Labute approximate surface area is 164 Å². The Kier molecular flexibility index (Phi) is 28.8. The zero-order chi connectivity index (χ0) is 20.6. The van der Waals surface area contributed by atoms with Gasteiger partial charge < -0.3 is 62.5 Å². The first kappa shape index (κ1) is 34.8. The van der Waals surface area contributed by atoms with Crippen LogP contribution in [-0.4, -0.2) is 48.0 Å². The first-order valence-electron chi connectivity index (χ1n) is 6.43. The molecule has 0 aliphatic heterocycles. The van der Waals surface area contributed by atoms with Crippen molar-refractivity contribution >= 4 is 23.9 Å². The molecule has 144 valence electrons. The van der Waals surface area contributed by atoms with Crippen molar-refractivity contribution in [2.75, 3.05) is 0 Å². The third kappa shape index (κ3) is 45.0. The molecule has 25 heavy (non-hydrogen) atoms. The maximum absolute atomic E-state index is 9.46. The molecular formula is C12H24N4O8Zr. The second-order valence-corrected chi connectivity index (χ2v) is 4.43. The molecule has 13 heteroatoms. The molecular weight excluding hydrogens is 419 g/mol. The maximum Gasteiger partial charge on any atom is 4.00 e. The summed E-state index contributed by atoms with van der Waals surface area (Å²) in [6, 6.07) is -3.37. The van der Waals surface area contributed by atoms with E-state index in [1.54, 1.807) is 0 Å². The van der Waals surface area contributed by atoms with Gasteiger partial charge in [-0.25, -0.2) is 0 Å². The molecule has 0 saturated heterocycles. The van der Waals surface area contributed by atoms with Crippen LogP contribution in [0.4, 0.5) is 0 Å². The van der Waals surface area contributed by atoms with E-state index in [0.717, 1.165) is 0 Å². The molecule has 0 aliphatic carbocycles. The van der Waals surface area contributed by atoms with Crippen LogP contribution in [0.5, 0.6) is 0 Å². The maximum atomic E-state index is 9.46. The second kappa shape index (κ2) is 20.6. The Bertz CT molecular complexity index is 317. The van der Waals surface area contributed by atoms with Crippen LogP contribution < -0.4 is 43.4 Å². The van der Waals surface area contributed by atoms with Gasteiger partial charge >= 0.3 is 26.2 Å². The molecule has 0 aliphatic rings. The number of rotatable bonds is 4. The van der Waals surface area contributed by atoms with E-state index in [1.165, 1.54) is 27.7 Å². The number of carbonyl (C=O) groups is 4. The minimum atomic E-state index is -1.21. The molecule has 0 rings (SSSR count). The standard InChI is InChI=1S/4C3H7NO2.Zr/c4*1-2(4)3(5)6;/h4*2H,4H2,1H3,(H,5,6);/q;;;;+4/p-4/t4*2-;/m0000./s1. The van der Waals surface area contributed by atoms with Gasteiger partial charge in [-0.1, -0.05) is 0 Å². The van der Waals surface area contributed by atoms with Gasteiger partial charge in [-0.15, -0.1) is 0 Å². The number of hydrogen-bond donors (Lipinski definition) is 4. The predicted molar refractivity (Wildman–Crippen MR) is 74.6 cm³/mol. The Hall–Kier alpha value is -1.40. The zero-order valence-electron chi connectivity index (χ0n) is 14.4. The van der Waals surface area contributed by atoms with E-state index in [4.69, 9.17) is 22.9 Å². The van der Waals surface area contributed by atoms with Crippen LogP contribution >= 0.6 is 0 Å². The van der Waals surface area contributed by atoms with Gasteiger partial charge in [0.15, 0.2) is 0 Å². The Morgan fingerprint density at radius 3 is 0.560 bits per heavy atom. The van der Waals surface area contributed by atoms with Crippen molar-refractivity contribution in [2.45, 2.75) is 51.9 Å². The minimum Gasteiger partial charge on any atom is -0.548 e. The van der Waals surface area contributed by atoms with Crippen molar-refractivity contribution in [3.63, 3.8) is 0 Å². The third-order valence-corrected chi connectivity index (χ3v) is 1.49. The molecule has 0 unspecified atom stereocenters. The summed E-state index contributed by atoms with van der Waals surface area (Å²) in [5, 5.41) is 37.9. The van der Waals surface area contributed by atoms with Crippen molar-refractivity contribution in [1.29, 1.82) is 0 Å². The van der Waals surface area contributed by atoms with Gasteiger partial charge in [-0.3, -0.25) is 0 Å². The summed E-state index contributed by atoms with van der Waals surface area (Å²) in [7, 11) is 0. The molecule has 12 nitrogen and oxygen atoms in total. The second-order valence-electron chi connectivity index (χ2n) is 4.43. The summed E-state index contributed by atoms with van der Waals surface area (Å²) in [6.45, 7) is 5.43. The Balaban J connectivity index is -0.0000000702. The average Bonchev–Trinajstić information content (AvgIpc) is 2.40. The van der Waals surface area contributed by atoms with Crippen molar-refractivity contribution in [1.82, 2.24) is 0 Å². The van der Waals surface area contributed by atoms with Crippen LogP contribution in [0.25, 0.3) is 0 Å². The molecule has 0 aromatic heterocycles. The fourth-order valence-electron chi connectivity index (χ4n) is 0. The van der Waals surface area contributed by atoms with Gasteiger partial charge in [0.2, 0.25) is 0 Å². The first-order chi connectivity index (χ1) is 10.6. The summed E-state index contributed by atoms with van der Waals surface area (Å²) >= 11 is 0. The van der Waals surface area contributed by atoms with Crippen molar-refractivity contribution in [3.8, 4) is 0 Å². The zero-order valence-corrected chi connectivity index (χ0v) is 16.8. The molecule has 8 N–H and O–H groups in total. The quantitative estimate of drug-likeness (QED) is 0.315. The van der Waals surface area contributed by atoms with E-state index in [1.807, 2.05) is 0 Å². The van der Waals surface area contributed by atoms with Gasteiger partial charge in [-0.2, -0.15) is 0 Å². The molecule has 0 radical (unpaired) electrons. The summed E-state index contributed by atoms with van der Waals surface area (Å²) in [5.41, 5.74) is 19.1. The largest absolute Gasteiger partial charge is 4.00 e. The molecule has 0 fully saturated rings. The van der Waals surface area contributed by atoms with Crippen LogP contribution in [-0.2, 0) is 45.4 Å². The fraction of sp³-hybridized carbons (Fsp3) is 0.667. The average molecular weight is 444 g/mol. The van der Waals surface area contributed by atoms with Gasteiger partial charge in [0.1, 0.15) is 0 Å². The fourth-order valence-corrected chi connectivity index (χ4v) is 0. The van der Waals surface area contributed by atoms with E-state index in [9.17, 15) is 39.6 Å². The first-order valence-corrected chi connectivity index (χ1v) is 6.43. The van der Waals surface area contributed by atoms with Crippen LogP contribution in [0.2, 0.25) is 0 Å². The third-order valence-electron chi connectivity index (χ3n) is 1.49. The Morgan fingerprint density at radius 1 is 0.520 bits per heavy atom. The van der Waals surface area contributed by atoms with E-state index >= 15 is 0 Å². The molecule has 0 heterocycles. The molecule has 0 amide bonds. The minimum absolute atomic E-state index is 0. The van der Waals surface area contributed by atoms with E-state index in [0.29, 0.717) is 0 Å². The summed E-state index contributed by atoms with van der Waals surface area (Å²) in [4.78, 5) is 37.9. The monoisotopic (exact) mass is 442 g/mol. The van der Waals surface area contributed by atoms with Crippen molar-refractivity contribution < 1.29 is 65.8 Å². The Morgan fingerprint density at radius 2 is 0.560 bits per heavy atom. The number of aliphatic carboxylic acids is 4. The van der Waals surface area contributed by atoms with Crippen LogP contribution in [0.1, 0.15) is 27.7 Å². The smallest absolute Gasteiger partial charge is 0.548 e. The number of carboxylic acid groups (broad SMARTS) is 4. The van der Waals surface area contributed by atoms with Gasteiger partial charge in [0.05, 0.1) is 23.9 Å². The van der Waals surface area contributed by atoms with Crippen LogP contribution in [0.3, 0.4) is 0 Å². The van der Waals surface area contributed by atoms with Gasteiger partial charge in [0.25, 0.3) is 0 Å². The topological polar surface area (TPSA) is 265 Å². The van der Waals surface area contributed by atoms with E-state index in [-0.39, 0.29) is 26.2 Å². The predicted octanol–water partition coefficient (Wildman–Crippen LogP) is -7.67. The van der Waals surface area contributed by atoms with E-state index < -0.39 is 48.0 Å². The molecule has 0 spiro atoms. The van der Waals surface area contributed by atoms with Gasteiger partial charge in [0, 0.05) is 24.2 Å². The number of carbonyl (C=O) groups excluding carboxylic acids is 4. The van der Waals surface area contributed by atoms with Crippen LogP contribution in [0, 0.1) is 0 Å². The number of hydrogen-bond acceptors (Lipinski definition) is 12. The SMILES string of the molecule is C[C@H](N)C(=O)[O-].C[C@H](N)C(=O)[O-].C[C@H](N)C(=O)[O-].C[C@H](N)C(=O)[O-].[Zr+4]. The summed E-state index contributed by atoms with van der Waals surface area (Å²) < 4.78 is 0. The number of nitrogens with two attached hydrogens (primary N) is 4. The molecule has 0 saturated carbocycles. The van der Waals surface area contributed by atoms with Crippen LogP contribution in [0.15, 0.2) is 0 Å². The normalized spacial score (nSPS) is 13.1.